The summed E-state index contributed by atoms with van der Waals surface area (Å²) >= 11 is 0. The Morgan fingerprint density at radius 1 is 1.42 bits per heavy atom. The summed E-state index contributed by atoms with van der Waals surface area (Å²) in [7, 11) is 1.75. The Labute approximate surface area is 149 Å². The third-order valence-corrected chi connectivity index (χ3v) is 4.26. The average molecular weight is 357 g/mol. The molecule has 1 atom stereocenters. The van der Waals surface area contributed by atoms with Crippen LogP contribution in [-0.2, 0) is 27.9 Å². The average Bonchev–Trinajstić information content (AvgIpc) is 3.27. The first-order valence-corrected chi connectivity index (χ1v) is 8.33. The summed E-state index contributed by atoms with van der Waals surface area (Å²) in [5.74, 6) is 1.21. The second-order valence-electron chi connectivity index (χ2n) is 6.05. The Morgan fingerprint density at radius 2 is 2.31 bits per heavy atom. The maximum absolute atomic E-state index is 12.4. The molecule has 3 heterocycles. The number of nitrogens with one attached hydrogen (secondary N) is 1. The van der Waals surface area contributed by atoms with E-state index in [-0.39, 0.29) is 25.2 Å². The van der Waals surface area contributed by atoms with Gasteiger partial charge in [0.25, 0.3) is 0 Å². The SMILES string of the molecule is Cn1nnnc1C1CN(C(=O)COCc2nc3ccccc3[nH]2)CCO1. The van der Waals surface area contributed by atoms with Gasteiger partial charge in [0.1, 0.15) is 25.1 Å². The standard InChI is InChI=1S/C16H19N7O3/c1-22-16(19-20-21-22)13-8-23(6-7-26-13)15(24)10-25-9-14-17-11-4-2-3-5-12(11)18-14/h2-5,13H,6-10H2,1H3,(H,17,18). The van der Waals surface area contributed by atoms with Gasteiger partial charge in [-0.3, -0.25) is 4.79 Å². The van der Waals surface area contributed by atoms with E-state index < -0.39 is 0 Å². The summed E-state index contributed by atoms with van der Waals surface area (Å²) in [5, 5.41) is 11.4. The molecule has 0 radical (unpaired) electrons. The maximum Gasteiger partial charge on any atom is 0.248 e. The summed E-state index contributed by atoms with van der Waals surface area (Å²) in [6, 6.07) is 7.75. The number of benzene rings is 1. The maximum atomic E-state index is 12.4. The minimum atomic E-state index is -0.330. The van der Waals surface area contributed by atoms with Crippen molar-refractivity contribution >= 4 is 16.9 Å². The van der Waals surface area contributed by atoms with Crippen molar-refractivity contribution in [2.45, 2.75) is 12.7 Å². The van der Waals surface area contributed by atoms with Crippen molar-refractivity contribution in [3.05, 3.63) is 35.9 Å². The quantitative estimate of drug-likeness (QED) is 0.694. The van der Waals surface area contributed by atoms with Crippen molar-refractivity contribution in [2.75, 3.05) is 26.3 Å². The van der Waals surface area contributed by atoms with E-state index in [0.717, 1.165) is 11.0 Å². The van der Waals surface area contributed by atoms with E-state index >= 15 is 0 Å². The highest BCUT2D eigenvalue weighted by Gasteiger charge is 2.28. The molecule has 10 heteroatoms. The number of para-hydroxylation sites is 2. The van der Waals surface area contributed by atoms with Crippen LogP contribution in [0.4, 0.5) is 0 Å². The molecule has 1 amide bonds. The van der Waals surface area contributed by atoms with Gasteiger partial charge < -0.3 is 19.4 Å². The number of rotatable bonds is 5. The normalized spacial score (nSPS) is 17.7. The first-order chi connectivity index (χ1) is 12.7. The van der Waals surface area contributed by atoms with E-state index in [2.05, 4.69) is 25.5 Å². The summed E-state index contributed by atoms with van der Waals surface area (Å²) < 4.78 is 12.8. The fraction of sp³-hybridized carbons (Fsp3) is 0.438. The van der Waals surface area contributed by atoms with Crippen LogP contribution in [0.25, 0.3) is 11.0 Å². The Hall–Kier alpha value is -2.85. The van der Waals surface area contributed by atoms with Crippen molar-refractivity contribution < 1.29 is 14.3 Å². The molecule has 0 aliphatic carbocycles. The molecule has 1 N–H and O–H groups in total. The first kappa shape index (κ1) is 16.6. The number of H-pyrrole nitrogens is 1. The van der Waals surface area contributed by atoms with Crippen LogP contribution in [0.3, 0.4) is 0 Å². The number of morpholine rings is 1. The fourth-order valence-electron chi connectivity index (χ4n) is 2.94. The highest BCUT2D eigenvalue weighted by molar-refractivity contribution is 5.77. The molecule has 1 aliphatic rings. The number of fused-ring (bicyclic) bond motifs is 1. The topological polar surface area (TPSA) is 111 Å². The molecule has 1 aliphatic heterocycles. The van der Waals surface area contributed by atoms with Crippen molar-refractivity contribution in [1.29, 1.82) is 0 Å². The molecule has 2 aromatic heterocycles. The Kier molecular flexibility index (Phi) is 4.59. The minimum Gasteiger partial charge on any atom is -0.366 e. The number of tetrazole rings is 1. The van der Waals surface area contributed by atoms with Crippen molar-refractivity contribution in [2.24, 2.45) is 7.05 Å². The number of aromatic amines is 1. The molecule has 4 rings (SSSR count). The highest BCUT2D eigenvalue weighted by Crippen LogP contribution is 2.19. The Bertz CT molecular complexity index is 873. The van der Waals surface area contributed by atoms with E-state index in [4.69, 9.17) is 9.47 Å². The predicted molar refractivity (Wildman–Crippen MR) is 89.8 cm³/mol. The second kappa shape index (κ2) is 7.18. The lowest BCUT2D eigenvalue weighted by atomic mass is 10.2. The van der Waals surface area contributed by atoms with Crippen molar-refractivity contribution in [1.82, 2.24) is 35.1 Å². The smallest absolute Gasteiger partial charge is 0.248 e. The molecular weight excluding hydrogens is 338 g/mol. The van der Waals surface area contributed by atoms with Gasteiger partial charge in [-0.25, -0.2) is 9.67 Å². The number of aryl methyl sites for hydroxylation is 1. The van der Waals surface area contributed by atoms with Crippen molar-refractivity contribution in [3.63, 3.8) is 0 Å². The van der Waals surface area contributed by atoms with Gasteiger partial charge in [0.15, 0.2) is 5.82 Å². The lowest BCUT2D eigenvalue weighted by Gasteiger charge is -2.32. The van der Waals surface area contributed by atoms with Gasteiger partial charge in [-0.05, 0) is 22.6 Å². The number of carbonyl (C=O) groups is 1. The number of aromatic nitrogens is 6. The fourth-order valence-corrected chi connectivity index (χ4v) is 2.94. The number of hydrogen-bond donors (Lipinski definition) is 1. The summed E-state index contributed by atoms with van der Waals surface area (Å²) in [6.45, 7) is 1.60. The molecule has 10 nitrogen and oxygen atoms in total. The van der Waals surface area contributed by atoms with Crippen molar-refractivity contribution in [3.8, 4) is 0 Å². The van der Waals surface area contributed by atoms with Gasteiger partial charge in [0.05, 0.1) is 24.2 Å². The number of amides is 1. The lowest BCUT2D eigenvalue weighted by Crippen LogP contribution is -2.44. The van der Waals surface area contributed by atoms with E-state index in [0.29, 0.717) is 31.3 Å². The van der Waals surface area contributed by atoms with Gasteiger partial charge in [-0.1, -0.05) is 12.1 Å². The van der Waals surface area contributed by atoms with Gasteiger partial charge in [-0.2, -0.15) is 0 Å². The molecule has 1 unspecified atom stereocenters. The minimum absolute atomic E-state index is 0.0131. The third-order valence-electron chi connectivity index (χ3n) is 4.26. The monoisotopic (exact) mass is 357 g/mol. The third kappa shape index (κ3) is 3.41. The van der Waals surface area contributed by atoms with Crippen LogP contribution >= 0.6 is 0 Å². The van der Waals surface area contributed by atoms with Crippen LogP contribution in [-0.4, -0.2) is 67.3 Å². The largest absolute Gasteiger partial charge is 0.366 e. The van der Waals surface area contributed by atoms with Crippen LogP contribution in [0.2, 0.25) is 0 Å². The zero-order valence-corrected chi connectivity index (χ0v) is 14.3. The van der Waals surface area contributed by atoms with Crippen LogP contribution in [0, 0.1) is 0 Å². The zero-order chi connectivity index (χ0) is 17.9. The van der Waals surface area contributed by atoms with Crippen LogP contribution in [0.15, 0.2) is 24.3 Å². The van der Waals surface area contributed by atoms with Crippen LogP contribution in [0.5, 0.6) is 0 Å². The van der Waals surface area contributed by atoms with E-state index in [1.807, 2.05) is 24.3 Å². The lowest BCUT2D eigenvalue weighted by molar-refractivity contribution is -0.144. The Balaban J connectivity index is 1.31. The number of carbonyl (C=O) groups excluding carboxylic acids is 1. The number of ether oxygens (including phenoxy) is 2. The molecule has 26 heavy (non-hydrogen) atoms. The number of nitrogens with zero attached hydrogens (tertiary/aromatic N) is 6. The summed E-state index contributed by atoms with van der Waals surface area (Å²) in [5.41, 5.74) is 1.83. The summed E-state index contributed by atoms with van der Waals surface area (Å²) in [6.07, 6.45) is -0.330. The molecule has 0 spiro atoms. The van der Waals surface area contributed by atoms with Gasteiger partial charge in [-0.15, -0.1) is 5.10 Å². The van der Waals surface area contributed by atoms with Crippen LogP contribution in [0.1, 0.15) is 17.8 Å². The molecule has 1 saturated heterocycles. The molecule has 1 aromatic carbocycles. The van der Waals surface area contributed by atoms with Gasteiger partial charge in [0.2, 0.25) is 5.91 Å². The molecule has 1 fully saturated rings. The number of hydrogen-bond acceptors (Lipinski definition) is 7. The molecular formula is C16H19N7O3. The zero-order valence-electron chi connectivity index (χ0n) is 14.3. The Morgan fingerprint density at radius 3 is 3.12 bits per heavy atom. The second-order valence-corrected chi connectivity index (χ2v) is 6.05. The van der Waals surface area contributed by atoms with Crippen LogP contribution < -0.4 is 0 Å². The predicted octanol–water partition coefficient (Wildman–Crippen LogP) is 0.203. The summed E-state index contributed by atoms with van der Waals surface area (Å²) in [4.78, 5) is 21.7. The van der Waals surface area contributed by atoms with E-state index in [1.165, 1.54) is 0 Å². The van der Waals surface area contributed by atoms with Gasteiger partial charge in [0, 0.05) is 13.6 Å². The molecule has 3 aromatic rings. The highest BCUT2D eigenvalue weighted by atomic mass is 16.5. The molecule has 0 bridgehead atoms. The van der Waals surface area contributed by atoms with Gasteiger partial charge >= 0.3 is 0 Å². The molecule has 0 saturated carbocycles. The van der Waals surface area contributed by atoms with E-state index in [1.54, 1.807) is 16.6 Å². The molecule has 136 valence electrons. The number of imidazole rings is 1. The first-order valence-electron chi connectivity index (χ1n) is 8.33. The van der Waals surface area contributed by atoms with E-state index in [9.17, 15) is 4.79 Å².